The number of methoxy groups -OCH3 is 1. The third-order valence-corrected chi connectivity index (χ3v) is 5.27. The number of esters is 1. The lowest BCUT2D eigenvalue weighted by molar-refractivity contribution is -0.138. The minimum atomic E-state index is -0.812. The molecule has 142 valence electrons. The standard InChI is InChI=1S/C22H25NO4/c1-23(14-20(24)25)13-18-9-8-16-12-17(22(26)27-2)10-11-19(16)21(18)15-6-4-3-5-7-15/h3-7,10-12,18,21H,8-9,13-14H2,1-2H3,(H,24,25)/t18-,21+/m1/s1. The average molecular weight is 367 g/mol. The monoisotopic (exact) mass is 367 g/mol. The van der Waals surface area contributed by atoms with Gasteiger partial charge in [-0.05, 0) is 54.6 Å². The van der Waals surface area contributed by atoms with Gasteiger partial charge in [0.2, 0.25) is 0 Å². The van der Waals surface area contributed by atoms with Crippen molar-refractivity contribution in [3.8, 4) is 0 Å². The summed E-state index contributed by atoms with van der Waals surface area (Å²) in [5, 5.41) is 9.07. The third-order valence-electron chi connectivity index (χ3n) is 5.27. The molecular formula is C22H25NO4. The molecule has 0 unspecified atom stereocenters. The number of carboxylic acid groups (broad SMARTS) is 1. The first-order valence-corrected chi connectivity index (χ1v) is 9.16. The molecule has 0 radical (unpaired) electrons. The zero-order valence-corrected chi connectivity index (χ0v) is 15.7. The van der Waals surface area contributed by atoms with E-state index in [-0.39, 0.29) is 18.4 Å². The van der Waals surface area contributed by atoms with Gasteiger partial charge in [0.15, 0.2) is 0 Å². The number of nitrogens with zero attached hydrogens (tertiary/aromatic N) is 1. The Morgan fingerprint density at radius 1 is 1.19 bits per heavy atom. The van der Waals surface area contributed by atoms with Gasteiger partial charge in [-0.3, -0.25) is 9.69 Å². The van der Waals surface area contributed by atoms with Crippen LogP contribution in [0.2, 0.25) is 0 Å². The molecule has 0 heterocycles. The molecule has 1 aliphatic carbocycles. The molecule has 0 fully saturated rings. The number of hydrogen-bond donors (Lipinski definition) is 1. The summed E-state index contributed by atoms with van der Waals surface area (Å²) in [6.07, 6.45) is 1.82. The fraction of sp³-hybridized carbons (Fsp3) is 0.364. The van der Waals surface area contributed by atoms with Gasteiger partial charge in [0.1, 0.15) is 0 Å². The Morgan fingerprint density at radius 3 is 2.59 bits per heavy atom. The maximum Gasteiger partial charge on any atom is 0.337 e. The smallest absolute Gasteiger partial charge is 0.337 e. The number of rotatable bonds is 6. The van der Waals surface area contributed by atoms with Crippen molar-refractivity contribution in [3.05, 3.63) is 70.8 Å². The van der Waals surface area contributed by atoms with Gasteiger partial charge in [0, 0.05) is 12.5 Å². The van der Waals surface area contributed by atoms with Crippen molar-refractivity contribution in [2.24, 2.45) is 5.92 Å². The lowest BCUT2D eigenvalue weighted by Crippen LogP contribution is -2.35. The highest BCUT2D eigenvalue weighted by molar-refractivity contribution is 5.89. The Hall–Kier alpha value is -2.66. The molecule has 0 aliphatic heterocycles. The minimum absolute atomic E-state index is 0.0339. The van der Waals surface area contributed by atoms with Crippen LogP contribution in [0, 0.1) is 5.92 Å². The number of aliphatic carboxylic acids is 1. The fourth-order valence-corrected chi connectivity index (χ4v) is 4.14. The van der Waals surface area contributed by atoms with Crippen molar-refractivity contribution >= 4 is 11.9 Å². The Labute approximate surface area is 159 Å². The van der Waals surface area contributed by atoms with E-state index < -0.39 is 5.97 Å². The largest absolute Gasteiger partial charge is 0.480 e. The van der Waals surface area contributed by atoms with Crippen LogP contribution in [-0.2, 0) is 16.0 Å². The van der Waals surface area contributed by atoms with Gasteiger partial charge >= 0.3 is 11.9 Å². The van der Waals surface area contributed by atoms with Gasteiger partial charge in [0.05, 0.1) is 19.2 Å². The molecule has 5 heteroatoms. The van der Waals surface area contributed by atoms with Crippen molar-refractivity contribution in [2.75, 3.05) is 27.2 Å². The van der Waals surface area contributed by atoms with Crippen molar-refractivity contribution < 1.29 is 19.4 Å². The summed E-state index contributed by atoms with van der Waals surface area (Å²) in [6.45, 7) is 0.746. The molecule has 2 aromatic carbocycles. The van der Waals surface area contributed by atoms with Crippen molar-refractivity contribution in [1.82, 2.24) is 4.90 Å². The van der Waals surface area contributed by atoms with Crippen molar-refractivity contribution in [1.29, 1.82) is 0 Å². The van der Waals surface area contributed by atoms with Crippen LogP contribution in [0.5, 0.6) is 0 Å². The first kappa shape index (κ1) is 19.1. The second-order valence-electron chi connectivity index (χ2n) is 7.18. The van der Waals surface area contributed by atoms with Gasteiger partial charge in [-0.25, -0.2) is 4.79 Å². The van der Waals surface area contributed by atoms with Gasteiger partial charge in [-0.1, -0.05) is 36.4 Å². The summed E-state index contributed by atoms with van der Waals surface area (Å²) in [6, 6.07) is 16.1. The predicted octanol–water partition coefficient (Wildman–Crippen LogP) is 3.18. The third kappa shape index (κ3) is 4.37. The zero-order chi connectivity index (χ0) is 19.4. The first-order chi connectivity index (χ1) is 13.0. The van der Waals surface area contributed by atoms with Crippen LogP contribution in [0.3, 0.4) is 0 Å². The SMILES string of the molecule is COC(=O)c1ccc2c(c1)CC[C@H](CN(C)CC(=O)O)[C@@H]2c1ccccc1. The summed E-state index contributed by atoms with van der Waals surface area (Å²) in [5.74, 6) is -0.642. The lowest BCUT2D eigenvalue weighted by atomic mass is 9.71. The minimum Gasteiger partial charge on any atom is -0.480 e. The number of likely N-dealkylation sites (N-methyl/N-ethyl adjacent to an activating group) is 1. The van der Waals surface area contributed by atoms with Gasteiger partial charge in [-0.15, -0.1) is 0 Å². The van der Waals surface area contributed by atoms with Crippen molar-refractivity contribution in [3.63, 3.8) is 0 Å². The topological polar surface area (TPSA) is 66.8 Å². The molecule has 3 rings (SSSR count). The van der Waals surface area contributed by atoms with Gasteiger partial charge in [-0.2, -0.15) is 0 Å². The normalized spacial score (nSPS) is 18.8. The summed E-state index contributed by atoms with van der Waals surface area (Å²) in [5.41, 5.74) is 4.18. The van der Waals surface area contributed by atoms with Crippen LogP contribution in [0.25, 0.3) is 0 Å². The van der Waals surface area contributed by atoms with Crippen LogP contribution >= 0.6 is 0 Å². The number of fused-ring (bicyclic) bond motifs is 1. The van der Waals surface area contributed by atoms with E-state index in [0.29, 0.717) is 18.0 Å². The number of carbonyl (C=O) groups is 2. The molecule has 2 aromatic rings. The Balaban J connectivity index is 1.96. The Morgan fingerprint density at radius 2 is 1.93 bits per heavy atom. The van der Waals surface area contributed by atoms with E-state index in [1.165, 1.54) is 23.8 Å². The quantitative estimate of drug-likeness (QED) is 0.795. The van der Waals surface area contributed by atoms with E-state index in [1.807, 2.05) is 48.3 Å². The van der Waals surface area contributed by atoms with Crippen LogP contribution in [0.1, 0.15) is 39.4 Å². The summed E-state index contributed by atoms with van der Waals surface area (Å²) < 4.78 is 4.85. The summed E-state index contributed by atoms with van der Waals surface area (Å²) in [4.78, 5) is 24.8. The number of carbonyl (C=O) groups excluding carboxylic acids is 1. The average Bonchev–Trinajstić information content (AvgIpc) is 2.66. The molecule has 0 bridgehead atoms. The van der Waals surface area contributed by atoms with E-state index in [4.69, 9.17) is 9.84 Å². The van der Waals surface area contributed by atoms with E-state index >= 15 is 0 Å². The van der Waals surface area contributed by atoms with Crippen LogP contribution in [-0.4, -0.2) is 49.2 Å². The number of benzene rings is 2. The number of aryl methyl sites for hydroxylation is 1. The molecule has 0 saturated heterocycles. The zero-order valence-electron chi connectivity index (χ0n) is 15.7. The number of ether oxygens (including phenoxy) is 1. The van der Waals surface area contributed by atoms with Crippen molar-refractivity contribution in [2.45, 2.75) is 18.8 Å². The molecule has 0 aromatic heterocycles. The molecule has 2 atom stereocenters. The highest BCUT2D eigenvalue weighted by Gasteiger charge is 2.32. The highest BCUT2D eigenvalue weighted by Crippen LogP contribution is 2.41. The Bertz CT molecular complexity index is 818. The second-order valence-corrected chi connectivity index (χ2v) is 7.18. The van der Waals surface area contributed by atoms with Crippen LogP contribution in [0.15, 0.2) is 48.5 Å². The van der Waals surface area contributed by atoms with Gasteiger partial charge < -0.3 is 9.84 Å². The van der Waals surface area contributed by atoms with Gasteiger partial charge in [0.25, 0.3) is 0 Å². The van der Waals surface area contributed by atoms with Crippen LogP contribution < -0.4 is 0 Å². The maximum absolute atomic E-state index is 11.9. The highest BCUT2D eigenvalue weighted by atomic mass is 16.5. The molecule has 0 amide bonds. The van der Waals surface area contributed by atoms with E-state index in [9.17, 15) is 9.59 Å². The summed E-state index contributed by atoms with van der Waals surface area (Å²) >= 11 is 0. The fourth-order valence-electron chi connectivity index (χ4n) is 4.14. The maximum atomic E-state index is 11.9. The molecule has 0 saturated carbocycles. The number of hydrogen-bond acceptors (Lipinski definition) is 4. The lowest BCUT2D eigenvalue weighted by Gasteiger charge is -2.36. The second kappa shape index (κ2) is 8.35. The molecule has 27 heavy (non-hydrogen) atoms. The molecule has 5 nitrogen and oxygen atoms in total. The molecule has 0 spiro atoms. The van der Waals surface area contributed by atoms with E-state index in [2.05, 4.69) is 12.1 Å². The Kier molecular flexibility index (Phi) is 5.91. The summed E-state index contributed by atoms with van der Waals surface area (Å²) in [7, 11) is 3.24. The molecule has 1 N–H and O–H groups in total. The number of carboxylic acids is 1. The predicted molar refractivity (Wildman–Crippen MR) is 103 cm³/mol. The molecular weight excluding hydrogens is 342 g/mol. The first-order valence-electron chi connectivity index (χ1n) is 9.16. The van der Waals surface area contributed by atoms with E-state index in [0.717, 1.165) is 12.8 Å². The molecule has 1 aliphatic rings. The van der Waals surface area contributed by atoms with E-state index in [1.54, 1.807) is 0 Å². The van der Waals surface area contributed by atoms with Crippen LogP contribution in [0.4, 0.5) is 0 Å².